The van der Waals surface area contributed by atoms with Crippen LogP contribution in [0.15, 0.2) is 24.5 Å². The Balaban J connectivity index is 3.35. The molecule has 0 saturated carbocycles. The first kappa shape index (κ1) is 26.4. The number of esters is 1. The van der Waals surface area contributed by atoms with Gasteiger partial charge >= 0.3 is 32.5 Å². The third-order valence-electron chi connectivity index (χ3n) is 4.01. The summed E-state index contributed by atoms with van der Waals surface area (Å²) in [7, 11) is -13.7. The van der Waals surface area contributed by atoms with Crippen molar-refractivity contribution in [3.63, 3.8) is 0 Å². The Morgan fingerprint density at radius 2 is 1.63 bits per heavy atom. The highest BCUT2D eigenvalue weighted by Gasteiger charge is 2.82. The Hall–Kier alpha value is -1.65. The number of alkyl halides is 6. The molecule has 8 nitrogen and oxygen atoms in total. The van der Waals surface area contributed by atoms with Gasteiger partial charge in [-0.05, 0) is 25.8 Å². The Morgan fingerprint density at radius 3 is 2.10 bits per heavy atom. The molecule has 0 aromatic rings. The van der Waals surface area contributed by atoms with Gasteiger partial charge in [0.15, 0.2) is 0 Å². The Labute approximate surface area is 168 Å². The highest BCUT2D eigenvalue weighted by molar-refractivity contribution is 7.90. The van der Waals surface area contributed by atoms with Crippen molar-refractivity contribution in [1.29, 1.82) is 0 Å². The lowest BCUT2D eigenvalue weighted by atomic mass is 10.1. The minimum atomic E-state index is -7.11. The molecule has 1 heterocycles. The fourth-order valence-electron chi connectivity index (χ4n) is 2.35. The smallest absolute Gasteiger partial charge is 0.431 e. The molecule has 1 aliphatic rings. The van der Waals surface area contributed by atoms with Gasteiger partial charge in [0, 0.05) is 18.2 Å². The molecule has 1 saturated heterocycles. The second-order valence-electron chi connectivity index (χ2n) is 6.28. The van der Waals surface area contributed by atoms with Crippen molar-refractivity contribution in [2.45, 2.75) is 48.7 Å². The molecule has 1 unspecified atom stereocenters. The van der Waals surface area contributed by atoms with Crippen molar-refractivity contribution in [2.75, 3.05) is 6.54 Å². The van der Waals surface area contributed by atoms with Crippen LogP contribution in [0.1, 0.15) is 26.2 Å². The number of halogens is 6. The van der Waals surface area contributed by atoms with Crippen molar-refractivity contribution in [3.8, 4) is 0 Å². The summed E-state index contributed by atoms with van der Waals surface area (Å²) in [5.74, 6) is -7.99. The highest BCUT2D eigenvalue weighted by Crippen LogP contribution is 2.51. The molecule has 0 spiro atoms. The van der Waals surface area contributed by atoms with E-state index in [1.165, 1.54) is 6.92 Å². The topological polar surface area (TPSA) is 118 Å². The zero-order valence-corrected chi connectivity index (χ0v) is 16.8. The molecule has 1 fully saturated rings. The number of piperidine rings is 1. The van der Waals surface area contributed by atoms with Gasteiger partial charge in [-0.3, -0.25) is 4.55 Å². The van der Waals surface area contributed by atoms with Gasteiger partial charge in [0.2, 0.25) is 0 Å². The average Bonchev–Trinajstić information content (AvgIpc) is 2.60. The van der Waals surface area contributed by atoms with Gasteiger partial charge in [-0.15, -0.1) is 0 Å². The quantitative estimate of drug-likeness (QED) is 0.183. The maximum absolute atomic E-state index is 14.2. The molecule has 0 amide bonds. The molecule has 1 atom stereocenters. The van der Waals surface area contributed by atoms with Crippen LogP contribution in [0, 0.1) is 0 Å². The zero-order valence-electron chi connectivity index (χ0n) is 15.2. The van der Waals surface area contributed by atoms with Crippen LogP contribution >= 0.6 is 0 Å². The molecule has 174 valence electrons. The summed E-state index contributed by atoms with van der Waals surface area (Å²) in [6, 6.07) is -1.59. The number of carbonyl (C=O) groups excluding carboxylic acids is 1. The van der Waals surface area contributed by atoms with Gasteiger partial charge in [0.1, 0.15) is 0 Å². The lowest BCUT2D eigenvalue weighted by Gasteiger charge is -2.38. The molecule has 0 radical (unpaired) electrons. The van der Waals surface area contributed by atoms with Crippen molar-refractivity contribution >= 4 is 26.1 Å². The molecule has 0 aliphatic carbocycles. The van der Waals surface area contributed by atoms with E-state index in [-0.39, 0.29) is 29.1 Å². The normalized spacial score (nSPS) is 20.3. The van der Waals surface area contributed by atoms with E-state index in [1.54, 1.807) is 0 Å². The number of carbonyl (C=O) groups is 1. The van der Waals surface area contributed by atoms with Gasteiger partial charge in [-0.1, -0.05) is 13.0 Å². The molecule has 30 heavy (non-hydrogen) atoms. The van der Waals surface area contributed by atoms with E-state index >= 15 is 0 Å². The molecule has 1 aliphatic heterocycles. The molecule has 1 rings (SSSR count). The average molecular weight is 489 g/mol. The Kier molecular flexibility index (Phi) is 7.45. The van der Waals surface area contributed by atoms with Crippen molar-refractivity contribution in [3.05, 3.63) is 24.5 Å². The summed E-state index contributed by atoms with van der Waals surface area (Å²) < 4.78 is 140. The summed E-state index contributed by atoms with van der Waals surface area (Å²) in [5, 5.41) is -13.4. The monoisotopic (exact) mass is 489 g/mol. The SMILES string of the molecule is C=C(C)C(=O)O/C=C\C1CCCCN1S(=O)(=O)C(F)(F)C(F)(F)C(F)(F)S(=O)(=O)O. The van der Waals surface area contributed by atoms with E-state index in [2.05, 4.69) is 11.3 Å². The number of rotatable bonds is 8. The summed E-state index contributed by atoms with van der Waals surface area (Å²) >= 11 is 0. The largest absolute Gasteiger partial charge is 0.439 e. The standard InChI is InChI=1S/C14H17F6NO7S2/c1-9(2)11(22)28-8-6-10-5-3-4-7-21(10)29(23,24)13(17,18)12(15,16)14(19,20)30(25,26)27/h6,8,10H,1,3-5,7H2,2H3,(H,25,26,27)/b8-6-. The van der Waals surface area contributed by atoms with Crippen LogP contribution in [-0.2, 0) is 29.7 Å². The van der Waals surface area contributed by atoms with Crippen LogP contribution in [0.5, 0.6) is 0 Å². The van der Waals surface area contributed by atoms with Crippen molar-refractivity contribution < 1.29 is 57.3 Å². The summed E-state index contributed by atoms with van der Waals surface area (Å²) in [5.41, 5.74) is -0.0774. The summed E-state index contributed by atoms with van der Waals surface area (Å²) in [4.78, 5) is 11.3. The molecule has 0 aromatic heterocycles. The van der Waals surface area contributed by atoms with Gasteiger partial charge in [-0.25, -0.2) is 13.2 Å². The van der Waals surface area contributed by atoms with Crippen LogP contribution in [0.2, 0.25) is 0 Å². The van der Waals surface area contributed by atoms with Crippen LogP contribution in [0.3, 0.4) is 0 Å². The number of sulfonamides is 1. The van der Waals surface area contributed by atoms with Gasteiger partial charge in [0.25, 0.3) is 10.0 Å². The minimum Gasteiger partial charge on any atom is -0.431 e. The minimum absolute atomic E-state index is 0.0774. The zero-order chi connectivity index (χ0) is 23.8. The van der Waals surface area contributed by atoms with Gasteiger partial charge < -0.3 is 4.74 Å². The first-order chi connectivity index (χ1) is 13.3. The molecule has 16 heteroatoms. The Bertz CT molecular complexity index is 930. The number of nitrogens with zero attached hydrogens (tertiary/aromatic N) is 1. The Morgan fingerprint density at radius 1 is 1.10 bits per heavy atom. The fourth-order valence-corrected chi connectivity index (χ4v) is 4.52. The van der Waals surface area contributed by atoms with E-state index < -0.39 is 55.1 Å². The lowest BCUT2D eigenvalue weighted by Crippen LogP contribution is -2.64. The molecular weight excluding hydrogens is 472 g/mol. The predicted octanol–water partition coefficient (Wildman–Crippen LogP) is 2.51. The van der Waals surface area contributed by atoms with Gasteiger partial charge in [-0.2, -0.15) is 39.1 Å². The first-order valence-electron chi connectivity index (χ1n) is 7.97. The van der Waals surface area contributed by atoms with E-state index in [9.17, 15) is 48.0 Å². The second kappa shape index (κ2) is 8.47. The van der Waals surface area contributed by atoms with Crippen LogP contribution < -0.4 is 0 Å². The van der Waals surface area contributed by atoms with E-state index in [4.69, 9.17) is 4.55 Å². The molecule has 0 bridgehead atoms. The molecule has 1 N–H and O–H groups in total. The van der Waals surface area contributed by atoms with E-state index in [0.29, 0.717) is 6.26 Å². The highest BCUT2D eigenvalue weighted by atomic mass is 32.2. The van der Waals surface area contributed by atoms with Crippen LogP contribution in [-0.4, -0.2) is 60.7 Å². The maximum atomic E-state index is 14.2. The third-order valence-corrected chi connectivity index (χ3v) is 6.89. The van der Waals surface area contributed by atoms with Crippen LogP contribution in [0.4, 0.5) is 26.3 Å². The number of hydrogen-bond acceptors (Lipinski definition) is 6. The molecular formula is C14H17F6NO7S2. The van der Waals surface area contributed by atoms with E-state index in [0.717, 1.165) is 6.08 Å². The third kappa shape index (κ3) is 4.50. The van der Waals surface area contributed by atoms with Crippen molar-refractivity contribution in [1.82, 2.24) is 4.31 Å². The predicted molar refractivity (Wildman–Crippen MR) is 89.7 cm³/mol. The second-order valence-corrected chi connectivity index (χ2v) is 9.67. The summed E-state index contributed by atoms with van der Waals surface area (Å²) in [6.45, 7) is 3.70. The summed E-state index contributed by atoms with van der Waals surface area (Å²) in [6.07, 6.45) is 1.24. The lowest BCUT2D eigenvalue weighted by molar-refractivity contribution is -0.247. The maximum Gasteiger partial charge on any atom is 0.439 e. The fraction of sp³-hybridized carbons (Fsp3) is 0.643. The van der Waals surface area contributed by atoms with Gasteiger partial charge in [0.05, 0.1) is 6.26 Å². The van der Waals surface area contributed by atoms with Crippen molar-refractivity contribution in [2.24, 2.45) is 0 Å². The number of ether oxygens (including phenoxy) is 1. The molecule has 0 aromatic carbocycles. The van der Waals surface area contributed by atoms with Crippen LogP contribution in [0.25, 0.3) is 0 Å². The number of hydrogen-bond donors (Lipinski definition) is 1. The first-order valence-corrected chi connectivity index (χ1v) is 10.9. The van der Waals surface area contributed by atoms with E-state index in [1.807, 2.05) is 0 Å².